The molecule has 0 saturated heterocycles. The van der Waals surface area contributed by atoms with Gasteiger partial charge in [-0.05, 0) is 25.3 Å². The highest BCUT2D eigenvalue weighted by Crippen LogP contribution is 2.24. The Bertz CT molecular complexity index is 541. The van der Waals surface area contributed by atoms with Crippen LogP contribution in [-0.4, -0.2) is 43.0 Å². The van der Waals surface area contributed by atoms with Gasteiger partial charge in [-0.25, -0.2) is 0 Å². The van der Waals surface area contributed by atoms with Gasteiger partial charge < -0.3 is 15.0 Å². The first-order valence-corrected chi connectivity index (χ1v) is 9.21. The van der Waals surface area contributed by atoms with Gasteiger partial charge in [0.2, 0.25) is 11.8 Å². The molecule has 0 aliphatic heterocycles. The maximum absolute atomic E-state index is 12.7. The number of ether oxygens (including phenoxy) is 1. The van der Waals surface area contributed by atoms with E-state index in [9.17, 15) is 9.59 Å². The second-order valence-corrected chi connectivity index (χ2v) is 6.89. The zero-order valence-corrected chi connectivity index (χ0v) is 15.4. The minimum Gasteiger partial charge on any atom is -0.383 e. The van der Waals surface area contributed by atoms with Gasteiger partial charge in [-0.15, -0.1) is 0 Å². The van der Waals surface area contributed by atoms with Crippen molar-refractivity contribution in [1.82, 2.24) is 10.2 Å². The van der Waals surface area contributed by atoms with Crippen LogP contribution >= 0.6 is 0 Å². The third kappa shape index (κ3) is 6.50. The van der Waals surface area contributed by atoms with Gasteiger partial charge in [-0.2, -0.15) is 0 Å². The van der Waals surface area contributed by atoms with Gasteiger partial charge in [-0.3, -0.25) is 9.59 Å². The summed E-state index contributed by atoms with van der Waals surface area (Å²) in [6.07, 6.45) is 4.52. The molecule has 1 aliphatic rings. The lowest BCUT2D eigenvalue weighted by Crippen LogP contribution is -2.41. The first kappa shape index (κ1) is 19.4. The van der Waals surface area contributed by atoms with Crippen LogP contribution in [0.25, 0.3) is 0 Å². The van der Waals surface area contributed by atoms with E-state index in [0.717, 1.165) is 31.2 Å². The summed E-state index contributed by atoms with van der Waals surface area (Å²) in [7, 11) is 1.63. The Morgan fingerprint density at radius 1 is 1.24 bits per heavy atom. The average Bonchev–Trinajstić information content (AvgIpc) is 3.14. The van der Waals surface area contributed by atoms with Crippen molar-refractivity contribution in [1.29, 1.82) is 0 Å². The maximum Gasteiger partial charge on any atom is 0.225 e. The van der Waals surface area contributed by atoms with Crippen molar-refractivity contribution >= 4 is 11.8 Å². The molecule has 1 aromatic rings. The topological polar surface area (TPSA) is 58.6 Å². The summed E-state index contributed by atoms with van der Waals surface area (Å²) in [5.74, 6) is 0.274. The quantitative estimate of drug-likeness (QED) is 0.748. The maximum atomic E-state index is 12.7. The summed E-state index contributed by atoms with van der Waals surface area (Å²) < 4.78 is 5.13. The van der Waals surface area contributed by atoms with E-state index in [-0.39, 0.29) is 23.8 Å². The predicted octanol–water partition coefficient (Wildman–Crippen LogP) is 2.75. The van der Waals surface area contributed by atoms with Crippen LogP contribution in [0.5, 0.6) is 0 Å². The van der Waals surface area contributed by atoms with Gasteiger partial charge in [0.05, 0.1) is 6.61 Å². The van der Waals surface area contributed by atoms with E-state index in [1.54, 1.807) is 12.0 Å². The normalized spacial score (nSPS) is 15.8. The molecule has 1 aromatic carbocycles. The molecule has 0 unspecified atom stereocenters. The van der Waals surface area contributed by atoms with Gasteiger partial charge in [0.1, 0.15) is 0 Å². The van der Waals surface area contributed by atoms with Gasteiger partial charge in [-0.1, -0.05) is 43.2 Å². The number of hydrogen-bond donors (Lipinski definition) is 1. The number of amides is 2. The zero-order chi connectivity index (χ0) is 18.1. The Kier molecular flexibility index (Phi) is 7.92. The zero-order valence-electron chi connectivity index (χ0n) is 15.4. The molecule has 25 heavy (non-hydrogen) atoms. The Morgan fingerprint density at radius 3 is 2.56 bits per heavy atom. The lowest BCUT2D eigenvalue weighted by molar-refractivity contribution is -0.133. The Balaban J connectivity index is 1.87. The fourth-order valence-electron chi connectivity index (χ4n) is 3.29. The highest BCUT2D eigenvalue weighted by molar-refractivity contribution is 5.81. The van der Waals surface area contributed by atoms with Crippen LogP contribution < -0.4 is 5.32 Å². The molecule has 1 N–H and O–H groups in total. The molecule has 0 bridgehead atoms. The monoisotopic (exact) mass is 346 g/mol. The van der Waals surface area contributed by atoms with Crippen molar-refractivity contribution in [2.24, 2.45) is 5.92 Å². The highest BCUT2D eigenvalue weighted by Gasteiger charge is 2.25. The molecule has 0 spiro atoms. The second kappa shape index (κ2) is 10.2. The number of carbonyl (C=O) groups is 2. The summed E-state index contributed by atoms with van der Waals surface area (Å²) in [5.41, 5.74) is 1.09. The summed E-state index contributed by atoms with van der Waals surface area (Å²) in [6, 6.07) is 9.78. The van der Waals surface area contributed by atoms with Gasteiger partial charge in [0.25, 0.3) is 0 Å². The molecule has 0 heterocycles. The molecule has 5 nitrogen and oxygen atoms in total. The van der Waals surface area contributed by atoms with E-state index in [4.69, 9.17) is 4.74 Å². The first-order chi connectivity index (χ1) is 12.1. The molecule has 1 aliphatic carbocycles. The molecule has 1 saturated carbocycles. The van der Waals surface area contributed by atoms with Crippen molar-refractivity contribution in [2.45, 2.75) is 51.6 Å². The van der Waals surface area contributed by atoms with Crippen LogP contribution in [0.4, 0.5) is 0 Å². The number of nitrogens with zero attached hydrogens (tertiary/aromatic N) is 1. The third-order valence-electron chi connectivity index (χ3n) is 4.73. The van der Waals surface area contributed by atoms with Gasteiger partial charge >= 0.3 is 0 Å². The fourth-order valence-corrected chi connectivity index (χ4v) is 3.29. The summed E-state index contributed by atoms with van der Waals surface area (Å²) in [6.45, 7) is 3.52. The minimum absolute atomic E-state index is 0.0418. The van der Waals surface area contributed by atoms with E-state index in [0.29, 0.717) is 26.1 Å². The van der Waals surface area contributed by atoms with Crippen LogP contribution in [0, 0.1) is 5.92 Å². The first-order valence-electron chi connectivity index (χ1n) is 9.21. The molecule has 138 valence electrons. The average molecular weight is 346 g/mol. The molecular formula is C20H30N2O3. The number of rotatable bonds is 9. The SMILES string of the molecule is COCCN(Cc1ccccc1)C(=O)C[C@H](C)NC(=O)C1CCCC1. The molecule has 0 aromatic heterocycles. The van der Waals surface area contributed by atoms with Crippen LogP contribution in [0.3, 0.4) is 0 Å². The van der Waals surface area contributed by atoms with Crippen molar-refractivity contribution in [3.05, 3.63) is 35.9 Å². The van der Waals surface area contributed by atoms with Gasteiger partial charge in [0.15, 0.2) is 0 Å². The van der Waals surface area contributed by atoms with Crippen molar-refractivity contribution in [3.63, 3.8) is 0 Å². The third-order valence-corrected chi connectivity index (χ3v) is 4.73. The number of hydrogen-bond acceptors (Lipinski definition) is 3. The van der Waals surface area contributed by atoms with Crippen LogP contribution in [0.2, 0.25) is 0 Å². The molecule has 5 heteroatoms. The minimum atomic E-state index is -0.151. The number of carbonyl (C=O) groups excluding carboxylic acids is 2. The van der Waals surface area contributed by atoms with Crippen LogP contribution in [-0.2, 0) is 20.9 Å². The Labute approximate surface area is 150 Å². The largest absolute Gasteiger partial charge is 0.383 e. The van der Waals surface area contributed by atoms with E-state index >= 15 is 0 Å². The van der Waals surface area contributed by atoms with Crippen LogP contribution in [0.15, 0.2) is 30.3 Å². The standard InChI is InChI=1S/C20H30N2O3/c1-16(21-20(24)18-10-6-7-11-18)14-19(23)22(12-13-25-2)15-17-8-4-3-5-9-17/h3-5,8-9,16,18H,6-7,10-15H2,1-2H3,(H,21,24)/t16-/m0/s1. The predicted molar refractivity (Wildman–Crippen MR) is 97.9 cm³/mol. The summed E-state index contributed by atoms with van der Waals surface area (Å²) in [5, 5.41) is 3.01. The summed E-state index contributed by atoms with van der Waals surface area (Å²) >= 11 is 0. The lowest BCUT2D eigenvalue weighted by Gasteiger charge is -2.25. The molecular weight excluding hydrogens is 316 g/mol. The molecule has 1 fully saturated rings. The number of methoxy groups -OCH3 is 1. The van der Waals surface area contributed by atoms with E-state index in [1.807, 2.05) is 37.3 Å². The summed E-state index contributed by atoms with van der Waals surface area (Å²) in [4.78, 5) is 26.7. The molecule has 2 rings (SSSR count). The lowest BCUT2D eigenvalue weighted by atomic mass is 10.1. The Hall–Kier alpha value is -1.88. The number of nitrogens with one attached hydrogen (secondary N) is 1. The second-order valence-electron chi connectivity index (χ2n) is 6.89. The smallest absolute Gasteiger partial charge is 0.225 e. The van der Waals surface area contributed by atoms with E-state index in [2.05, 4.69) is 5.32 Å². The van der Waals surface area contributed by atoms with Crippen LogP contribution in [0.1, 0.15) is 44.6 Å². The van der Waals surface area contributed by atoms with Crippen molar-refractivity contribution in [2.75, 3.05) is 20.3 Å². The number of benzene rings is 1. The van der Waals surface area contributed by atoms with E-state index in [1.165, 1.54) is 0 Å². The van der Waals surface area contributed by atoms with Gasteiger partial charge in [0, 0.05) is 38.6 Å². The molecule has 1 atom stereocenters. The van der Waals surface area contributed by atoms with Crippen molar-refractivity contribution in [3.8, 4) is 0 Å². The molecule has 0 radical (unpaired) electrons. The highest BCUT2D eigenvalue weighted by atomic mass is 16.5. The fraction of sp³-hybridized carbons (Fsp3) is 0.600. The molecule has 2 amide bonds. The van der Waals surface area contributed by atoms with Crippen molar-refractivity contribution < 1.29 is 14.3 Å². The Morgan fingerprint density at radius 2 is 1.92 bits per heavy atom. The van der Waals surface area contributed by atoms with E-state index < -0.39 is 0 Å².